The molecular weight excluding hydrogens is 424 g/mol. The molecule has 1 atom stereocenters. The maximum Gasteiger partial charge on any atom is 0.257 e. The van der Waals surface area contributed by atoms with Gasteiger partial charge in [0.05, 0.1) is 11.7 Å². The zero-order valence-corrected chi connectivity index (χ0v) is 19.2. The Bertz CT molecular complexity index is 1110. The normalized spacial score (nSPS) is 11.7. The number of hydrogen-bond acceptors (Lipinski definition) is 5. The molecule has 0 bridgehead atoms. The minimum Gasteiger partial charge on any atom is -0.350 e. The predicted octanol–water partition coefficient (Wildman–Crippen LogP) is 4.85. The lowest BCUT2D eigenvalue weighted by Gasteiger charge is -2.13. The Kier molecular flexibility index (Phi) is 7.37. The van der Waals surface area contributed by atoms with E-state index in [2.05, 4.69) is 20.9 Å². The van der Waals surface area contributed by atoms with Gasteiger partial charge in [-0.1, -0.05) is 38.1 Å². The first-order valence-corrected chi connectivity index (χ1v) is 11.2. The maximum absolute atomic E-state index is 12.5. The SMILES string of the molecule is CC(=O)NC(C)c1ccc(-c2csc(NC(=O)c3ccc(NC(=O)C(C)C)cc3)n2)cc1. The molecule has 7 nitrogen and oxygen atoms in total. The second-order valence-corrected chi connectivity index (χ2v) is 8.62. The van der Waals surface area contributed by atoms with Crippen molar-refractivity contribution in [2.45, 2.75) is 33.7 Å². The molecule has 0 saturated heterocycles. The molecule has 3 aromatic rings. The summed E-state index contributed by atoms with van der Waals surface area (Å²) in [6, 6.07) is 14.4. The summed E-state index contributed by atoms with van der Waals surface area (Å²) >= 11 is 1.34. The molecule has 1 unspecified atom stereocenters. The number of nitrogens with zero attached hydrogens (tertiary/aromatic N) is 1. The highest BCUT2D eigenvalue weighted by atomic mass is 32.1. The molecule has 0 aliphatic carbocycles. The fraction of sp³-hybridized carbons (Fsp3) is 0.250. The molecule has 1 heterocycles. The summed E-state index contributed by atoms with van der Waals surface area (Å²) in [7, 11) is 0. The number of carbonyl (C=O) groups excluding carboxylic acids is 3. The Labute approximate surface area is 191 Å². The Hall–Kier alpha value is -3.52. The van der Waals surface area contributed by atoms with E-state index in [9.17, 15) is 14.4 Å². The highest BCUT2D eigenvalue weighted by molar-refractivity contribution is 7.14. The molecule has 0 aliphatic rings. The molecule has 32 heavy (non-hydrogen) atoms. The van der Waals surface area contributed by atoms with Crippen LogP contribution in [0.2, 0.25) is 0 Å². The Balaban J connectivity index is 1.63. The first kappa shape index (κ1) is 23.1. The van der Waals surface area contributed by atoms with Crippen LogP contribution in [0.25, 0.3) is 11.3 Å². The van der Waals surface area contributed by atoms with E-state index >= 15 is 0 Å². The molecule has 0 fully saturated rings. The van der Waals surface area contributed by atoms with Gasteiger partial charge in [0, 0.05) is 35.0 Å². The van der Waals surface area contributed by atoms with Gasteiger partial charge in [-0.25, -0.2) is 4.98 Å². The van der Waals surface area contributed by atoms with Crippen LogP contribution in [-0.4, -0.2) is 22.7 Å². The van der Waals surface area contributed by atoms with Gasteiger partial charge in [-0.3, -0.25) is 19.7 Å². The molecule has 0 radical (unpaired) electrons. The van der Waals surface area contributed by atoms with Crippen molar-refractivity contribution in [1.82, 2.24) is 10.3 Å². The molecule has 3 amide bonds. The third-order valence-corrected chi connectivity index (χ3v) is 5.55. The molecular formula is C24H26N4O3S. The molecule has 0 spiro atoms. The lowest BCUT2D eigenvalue weighted by molar-refractivity contribution is -0.120. The molecule has 2 aromatic carbocycles. The van der Waals surface area contributed by atoms with E-state index in [1.54, 1.807) is 24.3 Å². The standard InChI is InChI=1S/C24H26N4O3S/c1-14(2)22(30)26-20-11-9-19(10-12-20)23(31)28-24-27-21(13-32-24)18-7-5-17(6-8-18)15(3)25-16(4)29/h5-15H,1-4H3,(H,25,29)(H,26,30)(H,27,28,31). The average Bonchev–Trinajstić information content (AvgIpc) is 3.22. The molecule has 166 valence electrons. The molecule has 8 heteroatoms. The highest BCUT2D eigenvalue weighted by Crippen LogP contribution is 2.26. The smallest absolute Gasteiger partial charge is 0.257 e. The van der Waals surface area contributed by atoms with Crippen molar-refractivity contribution < 1.29 is 14.4 Å². The number of carbonyl (C=O) groups is 3. The number of anilines is 2. The summed E-state index contributed by atoms with van der Waals surface area (Å²) in [4.78, 5) is 40.0. The quantitative estimate of drug-likeness (QED) is 0.479. The van der Waals surface area contributed by atoms with Crippen LogP contribution in [0, 0.1) is 5.92 Å². The largest absolute Gasteiger partial charge is 0.350 e. The van der Waals surface area contributed by atoms with Gasteiger partial charge in [0.1, 0.15) is 0 Å². The number of hydrogen-bond donors (Lipinski definition) is 3. The van der Waals surface area contributed by atoms with Gasteiger partial charge in [-0.15, -0.1) is 11.3 Å². The van der Waals surface area contributed by atoms with E-state index in [1.165, 1.54) is 18.3 Å². The predicted molar refractivity (Wildman–Crippen MR) is 128 cm³/mol. The second kappa shape index (κ2) is 10.2. The first-order chi connectivity index (χ1) is 15.2. The average molecular weight is 451 g/mol. The van der Waals surface area contributed by atoms with Crippen molar-refractivity contribution in [3.63, 3.8) is 0 Å². The van der Waals surface area contributed by atoms with Crippen LogP contribution in [0.1, 0.15) is 49.7 Å². The molecule has 1 aromatic heterocycles. The Morgan fingerprint density at radius 1 is 0.906 bits per heavy atom. The minimum absolute atomic E-state index is 0.0723. The van der Waals surface area contributed by atoms with Gasteiger partial charge in [-0.2, -0.15) is 0 Å². The van der Waals surface area contributed by atoms with Crippen molar-refractivity contribution in [2.75, 3.05) is 10.6 Å². The van der Waals surface area contributed by atoms with Crippen LogP contribution in [0.15, 0.2) is 53.9 Å². The highest BCUT2D eigenvalue weighted by Gasteiger charge is 2.12. The zero-order valence-electron chi connectivity index (χ0n) is 18.4. The van der Waals surface area contributed by atoms with Crippen molar-refractivity contribution >= 4 is 39.9 Å². The molecule has 0 saturated carbocycles. The summed E-state index contributed by atoms with van der Waals surface area (Å²) in [5.74, 6) is -0.535. The van der Waals surface area contributed by atoms with Crippen LogP contribution in [-0.2, 0) is 9.59 Å². The number of amides is 3. The number of nitrogens with one attached hydrogen (secondary N) is 3. The van der Waals surface area contributed by atoms with Crippen molar-refractivity contribution in [1.29, 1.82) is 0 Å². The summed E-state index contributed by atoms with van der Waals surface area (Å²) < 4.78 is 0. The van der Waals surface area contributed by atoms with Crippen LogP contribution >= 0.6 is 11.3 Å². The third kappa shape index (κ3) is 6.01. The van der Waals surface area contributed by atoms with Gasteiger partial charge < -0.3 is 10.6 Å². The molecule has 3 N–H and O–H groups in total. The van der Waals surface area contributed by atoms with E-state index in [0.717, 1.165) is 16.8 Å². The van der Waals surface area contributed by atoms with Crippen molar-refractivity contribution in [3.8, 4) is 11.3 Å². The summed E-state index contributed by atoms with van der Waals surface area (Å²) in [5.41, 5.74) is 3.80. The number of benzene rings is 2. The van der Waals surface area contributed by atoms with Gasteiger partial charge in [0.2, 0.25) is 11.8 Å². The van der Waals surface area contributed by atoms with E-state index < -0.39 is 0 Å². The lowest BCUT2D eigenvalue weighted by Crippen LogP contribution is -2.23. The van der Waals surface area contributed by atoms with Crippen LogP contribution < -0.4 is 16.0 Å². The second-order valence-electron chi connectivity index (χ2n) is 7.76. The first-order valence-electron chi connectivity index (χ1n) is 10.3. The zero-order chi connectivity index (χ0) is 23.3. The van der Waals surface area contributed by atoms with E-state index in [4.69, 9.17) is 0 Å². The summed E-state index contributed by atoms with van der Waals surface area (Å²) in [6.45, 7) is 7.06. The summed E-state index contributed by atoms with van der Waals surface area (Å²) in [5, 5.41) is 10.8. The topological polar surface area (TPSA) is 100 Å². The van der Waals surface area contributed by atoms with E-state index in [1.807, 2.05) is 50.4 Å². The minimum atomic E-state index is -0.271. The van der Waals surface area contributed by atoms with Crippen LogP contribution in [0.3, 0.4) is 0 Å². The fourth-order valence-electron chi connectivity index (χ4n) is 2.96. The number of aromatic nitrogens is 1. The monoisotopic (exact) mass is 450 g/mol. The molecule has 0 aliphatic heterocycles. The molecule has 3 rings (SSSR count). The van der Waals surface area contributed by atoms with Crippen molar-refractivity contribution in [2.24, 2.45) is 5.92 Å². The Morgan fingerprint density at radius 3 is 2.16 bits per heavy atom. The van der Waals surface area contributed by atoms with Crippen molar-refractivity contribution in [3.05, 3.63) is 65.0 Å². The van der Waals surface area contributed by atoms with E-state index in [0.29, 0.717) is 16.4 Å². The number of thiazole rings is 1. The van der Waals surface area contributed by atoms with Gasteiger partial charge in [0.25, 0.3) is 5.91 Å². The van der Waals surface area contributed by atoms with Crippen LogP contribution in [0.5, 0.6) is 0 Å². The van der Waals surface area contributed by atoms with Gasteiger partial charge >= 0.3 is 0 Å². The third-order valence-electron chi connectivity index (χ3n) is 4.79. The van der Waals surface area contributed by atoms with Gasteiger partial charge in [0.15, 0.2) is 5.13 Å². The maximum atomic E-state index is 12.5. The fourth-order valence-corrected chi connectivity index (χ4v) is 3.67. The number of rotatable bonds is 7. The van der Waals surface area contributed by atoms with E-state index in [-0.39, 0.29) is 29.7 Å². The Morgan fingerprint density at radius 2 is 1.56 bits per heavy atom. The summed E-state index contributed by atoms with van der Waals surface area (Å²) in [6.07, 6.45) is 0. The van der Waals surface area contributed by atoms with Gasteiger partial charge in [-0.05, 0) is 36.8 Å². The lowest BCUT2D eigenvalue weighted by atomic mass is 10.1. The van der Waals surface area contributed by atoms with Crippen LogP contribution in [0.4, 0.5) is 10.8 Å².